The SMILES string of the molecule is O=C(CNc1ccccc1)ON1C(=O)CCC1=O. The fourth-order valence-corrected chi connectivity index (χ4v) is 1.52. The van der Waals surface area contributed by atoms with Crippen molar-refractivity contribution in [2.24, 2.45) is 0 Å². The minimum absolute atomic E-state index is 0.0955. The summed E-state index contributed by atoms with van der Waals surface area (Å²) in [7, 11) is 0. The summed E-state index contributed by atoms with van der Waals surface area (Å²) in [5.41, 5.74) is 0.758. The molecule has 18 heavy (non-hydrogen) atoms. The van der Waals surface area contributed by atoms with Gasteiger partial charge in [0, 0.05) is 18.5 Å². The largest absolute Gasteiger partial charge is 0.375 e. The average molecular weight is 248 g/mol. The van der Waals surface area contributed by atoms with E-state index in [-0.39, 0.29) is 19.4 Å². The molecular formula is C12H12N2O4. The molecule has 94 valence electrons. The number of nitrogens with zero attached hydrogens (tertiary/aromatic N) is 1. The third-order valence-electron chi connectivity index (χ3n) is 2.41. The van der Waals surface area contributed by atoms with Crippen molar-refractivity contribution in [1.82, 2.24) is 5.06 Å². The zero-order valence-corrected chi connectivity index (χ0v) is 9.59. The maximum atomic E-state index is 11.4. The van der Waals surface area contributed by atoms with Gasteiger partial charge in [0.1, 0.15) is 6.54 Å². The third kappa shape index (κ3) is 2.85. The van der Waals surface area contributed by atoms with Crippen molar-refractivity contribution in [3.63, 3.8) is 0 Å². The first-order valence-electron chi connectivity index (χ1n) is 5.52. The molecule has 1 fully saturated rings. The molecule has 2 amide bonds. The van der Waals surface area contributed by atoms with Crippen molar-refractivity contribution >= 4 is 23.5 Å². The van der Waals surface area contributed by atoms with Crippen LogP contribution in [0.2, 0.25) is 0 Å². The minimum Gasteiger partial charge on any atom is -0.375 e. The molecule has 0 saturated carbocycles. The molecule has 0 aliphatic carbocycles. The van der Waals surface area contributed by atoms with Gasteiger partial charge in [-0.2, -0.15) is 0 Å². The number of anilines is 1. The highest BCUT2D eigenvalue weighted by Gasteiger charge is 2.32. The molecule has 6 nitrogen and oxygen atoms in total. The maximum absolute atomic E-state index is 11.4. The number of nitrogens with one attached hydrogen (secondary N) is 1. The van der Waals surface area contributed by atoms with Crippen LogP contribution in [-0.2, 0) is 19.2 Å². The Hall–Kier alpha value is -2.37. The van der Waals surface area contributed by atoms with Gasteiger partial charge in [-0.25, -0.2) is 4.79 Å². The normalized spacial score (nSPS) is 14.8. The molecule has 1 saturated heterocycles. The van der Waals surface area contributed by atoms with E-state index in [0.717, 1.165) is 5.69 Å². The Morgan fingerprint density at radius 3 is 2.39 bits per heavy atom. The molecule has 0 radical (unpaired) electrons. The van der Waals surface area contributed by atoms with Crippen LogP contribution in [0.15, 0.2) is 30.3 Å². The lowest BCUT2D eigenvalue weighted by molar-refractivity contribution is -0.196. The van der Waals surface area contributed by atoms with Gasteiger partial charge in [-0.1, -0.05) is 18.2 Å². The highest BCUT2D eigenvalue weighted by atomic mass is 16.7. The number of imide groups is 1. The molecular weight excluding hydrogens is 236 g/mol. The Labute approximate surface area is 103 Å². The van der Waals surface area contributed by atoms with Crippen molar-refractivity contribution in [2.75, 3.05) is 11.9 Å². The molecule has 0 spiro atoms. The van der Waals surface area contributed by atoms with Gasteiger partial charge in [0.15, 0.2) is 0 Å². The van der Waals surface area contributed by atoms with Crippen LogP contribution in [0, 0.1) is 0 Å². The fourth-order valence-electron chi connectivity index (χ4n) is 1.52. The molecule has 1 aliphatic heterocycles. The molecule has 1 aliphatic rings. The molecule has 1 heterocycles. The molecule has 2 rings (SSSR count). The van der Waals surface area contributed by atoms with Crippen LogP contribution in [-0.4, -0.2) is 29.4 Å². The standard InChI is InChI=1S/C12H12N2O4/c15-10-6-7-11(16)14(10)18-12(17)8-13-9-4-2-1-3-5-9/h1-5,13H,6-8H2. The van der Waals surface area contributed by atoms with Gasteiger partial charge in [-0.15, -0.1) is 5.06 Å². The van der Waals surface area contributed by atoms with Gasteiger partial charge in [-0.3, -0.25) is 9.59 Å². The van der Waals surface area contributed by atoms with E-state index in [1.54, 1.807) is 12.1 Å². The number of carbonyl (C=O) groups is 3. The molecule has 0 atom stereocenters. The second-order valence-corrected chi connectivity index (χ2v) is 3.76. The smallest absolute Gasteiger partial charge is 0.352 e. The summed E-state index contributed by atoms with van der Waals surface area (Å²) in [6.45, 7) is -0.110. The summed E-state index contributed by atoms with van der Waals surface area (Å²) in [6, 6.07) is 9.08. The lowest BCUT2D eigenvalue weighted by Gasteiger charge is -2.13. The first kappa shape index (κ1) is 12.1. The van der Waals surface area contributed by atoms with E-state index < -0.39 is 17.8 Å². The lowest BCUT2D eigenvalue weighted by Crippen LogP contribution is -2.34. The first-order chi connectivity index (χ1) is 8.66. The topological polar surface area (TPSA) is 75.7 Å². The van der Waals surface area contributed by atoms with Gasteiger partial charge in [-0.05, 0) is 12.1 Å². The zero-order valence-electron chi connectivity index (χ0n) is 9.59. The van der Waals surface area contributed by atoms with Crippen molar-refractivity contribution in [1.29, 1.82) is 0 Å². The fraction of sp³-hybridized carbons (Fsp3) is 0.250. The molecule has 0 aromatic heterocycles. The van der Waals surface area contributed by atoms with Crippen molar-refractivity contribution < 1.29 is 19.2 Å². The van der Waals surface area contributed by atoms with Crippen LogP contribution in [0.1, 0.15) is 12.8 Å². The van der Waals surface area contributed by atoms with Crippen LogP contribution in [0.25, 0.3) is 0 Å². The number of hydrogen-bond acceptors (Lipinski definition) is 5. The predicted octanol–water partition coefficient (Wildman–Crippen LogP) is 0.706. The average Bonchev–Trinajstić information content (AvgIpc) is 2.69. The van der Waals surface area contributed by atoms with E-state index in [1.165, 1.54) is 0 Å². The highest BCUT2D eigenvalue weighted by Crippen LogP contribution is 2.12. The molecule has 0 bridgehead atoms. The highest BCUT2D eigenvalue weighted by molar-refractivity contribution is 6.01. The van der Waals surface area contributed by atoms with Crippen LogP contribution >= 0.6 is 0 Å². The van der Waals surface area contributed by atoms with Crippen molar-refractivity contribution in [3.8, 4) is 0 Å². The van der Waals surface area contributed by atoms with Crippen LogP contribution < -0.4 is 5.32 Å². The second-order valence-electron chi connectivity index (χ2n) is 3.76. The number of amides is 2. The Kier molecular flexibility index (Phi) is 3.57. The number of carbonyl (C=O) groups excluding carboxylic acids is 3. The van der Waals surface area contributed by atoms with Gasteiger partial charge in [0.2, 0.25) is 0 Å². The van der Waals surface area contributed by atoms with Gasteiger partial charge in [0.25, 0.3) is 11.8 Å². The minimum atomic E-state index is -0.678. The quantitative estimate of drug-likeness (QED) is 0.794. The van der Waals surface area contributed by atoms with Crippen molar-refractivity contribution in [2.45, 2.75) is 12.8 Å². The zero-order chi connectivity index (χ0) is 13.0. The van der Waals surface area contributed by atoms with Crippen molar-refractivity contribution in [3.05, 3.63) is 30.3 Å². The van der Waals surface area contributed by atoms with Crippen LogP contribution in [0.4, 0.5) is 5.69 Å². The number of rotatable bonds is 4. The summed E-state index contributed by atoms with van der Waals surface area (Å²) in [5.74, 6) is -1.64. The number of hydrogen-bond donors (Lipinski definition) is 1. The summed E-state index contributed by atoms with van der Waals surface area (Å²) in [6.07, 6.45) is 0.191. The molecule has 1 aromatic carbocycles. The second kappa shape index (κ2) is 5.31. The van der Waals surface area contributed by atoms with E-state index >= 15 is 0 Å². The molecule has 0 unspecified atom stereocenters. The van der Waals surface area contributed by atoms with E-state index in [0.29, 0.717) is 5.06 Å². The van der Waals surface area contributed by atoms with Crippen LogP contribution in [0.5, 0.6) is 0 Å². The molecule has 6 heteroatoms. The first-order valence-corrected chi connectivity index (χ1v) is 5.52. The van der Waals surface area contributed by atoms with E-state index in [2.05, 4.69) is 5.32 Å². The lowest BCUT2D eigenvalue weighted by atomic mass is 10.3. The van der Waals surface area contributed by atoms with Gasteiger partial charge in [0.05, 0.1) is 0 Å². The molecule has 1 aromatic rings. The summed E-state index contributed by atoms with van der Waals surface area (Å²) >= 11 is 0. The summed E-state index contributed by atoms with van der Waals surface area (Å²) < 4.78 is 0. The Bertz CT molecular complexity index is 456. The monoisotopic (exact) mass is 248 g/mol. The van der Waals surface area contributed by atoms with E-state index in [1.807, 2.05) is 18.2 Å². The van der Waals surface area contributed by atoms with E-state index in [4.69, 9.17) is 4.84 Å². The van der Waals surface area contributed by atoms with Gasteiger partial charge < -0.3 is 10.2 Å². The Balaban J connectivity index is 1.82. The van der Waals surface area contributed by atoms with Crippen LogP contribution in [0.3, 0.4) is 0 Å². The van der Waals surface area contributed by atoms with E-state index in [9.17, 15) is 14.4 Å². The molecule has 1 N–H and O–H groups in total. The Morgan fingerprint density at radius 1 is 1.17 bits per heavy atom. The van der Waals surface area contributed by atoms with Gasteiger partial charge >= 0.3 is 5.97 Å². The summed E-state index contributed by atoms with van der Waals surface area (Å²) in [4.78, 5) is 38.5. The number of hydroxylamine groups is 2. The Morgan fingerprint density at radius 2 is 1.78 bits per heavy atom. The number of benzene rings is 1. The number of para-hydroxylation sites is 1. The maximum Gasteiger partial charge on any atom is 0.352 e. The summed E-state index contributed by atoms with van der Waals surface area (Å²) in [5, 5.41) is 3.36. The predicted molar refractivity (Wildman–Crippen MR) is 62.1 cm³/mol. The third-order valence-corrected chi connectivity index (χ3v) is 2.41.